The first-order valence-corrected chi connectivity index (χ1v) is 5.53. The number of aliphatic carboxylic acids is 1. The molecule has 0 aliphatic carbocycles. The molecule has 2 rings (SSSR count). The lowest BCUT2D eigenvalue weighted by atomic mass is 9.92. The second-order valence-corrected chi connectivity index (χ2v) is 4.29. The second-order valence-electron chi connectivity index (χ2n) is 4.29. The number of fused-ring (bicyclic) bond motifs is 1. The Morgan fingerprint density at radius 3 is 2.45 bits per heavy atom. The smallest absolute Gasteiger partial charge is 0.408 e. The fourth-order valence-corrected chi connectivity index (χ4v) is 2.25. The summed E-state index contributed by atoms with van der Waals surface area (Å²) in [5.41, 5.74) is -0.216. The Kier molecular flexibility index (Phi) is 3.18. The van der Waals surface area contributed by atoms with Crippen LogP contribution in [0.15, 0.2) is 12.1 Å². The van der Waals surface area contributed by atoms with E-state index in [1.807, 2.05) is 0 Å². The lowest BCUT2D eigenvalue weighted by molar-refractivity contribution is -0.385. The molecule has 0 saturated heterocycles. The van der Waals surface area contributed by atoms with Crippen LogP contribution in [0.1, 0.15) is 11.1 Å². The molecule has 1 amide bonds. The Bertz CT molecular complexity index is 613. The van der Waals surface area contributed by atoms with Gasteiger partial charge in [-0.3, -0.25) is 15.0 Å². The number of nitrogens with zero attached hydrogens (tertiary/aromatic N) is 2. The lowest BCUT2D eigenvalue weighted by Gasteiger charge is -2.32. The van der Waals surface area contributed by atoms with Crippen molar-refractivity contribution in [2.45, 2.75) is 19.0 Å². The SMILES string of the molecule is O=C(O)C1Cc2c(O)ccc([N+](=O)[O-])c2CN1C(=O)O. The number of carboxylic acid groups (broad SMARTS) is 2. The van der Waals surface area contributed by atoms with Crippen molar-refractivity contribution >= 4 is 17.7 Å². The number of benzene rings is 1. The molecule has 3 N–H and O–H groups in total. The van der Waals surface area contributed by atoms with Gasteiger partial charge in [0, 0.05) is 18.1 Å². The maximum Gasteiger partial charge on any atom is 0.408 e. The van der Waals surface area contributed by atoms with Crippen molar-refractivity contribution in [1.29, 1.82) is 0 Å². The highest BCUT2D eigenvalue weighted by molar-refractivity contribution is 5.81. The van der Waals surface area contributed by atoms with Gasteiger partial charge < -0.3 is 15.3 Å². The van der Waals surface area contributed by atoms with Crippen LogP contribution in [-0.4, -0.2) is 43.2 Å². The van der Waals surface area contributed by atoms with E-state index in [1.165, 1.54) is 0 Å². The Labute approximate surface area is 111 Å². The molecule has 9 heteroatoms. The zero-order chi connectivity index (χ0) is 15.0. The van der Waals surface area contributed by atoms with E-state index in [2.05, 4.69) is 0 Å². The molecule has 0 saturated carbocycles. The average Bonchev–Trinajstić information content (AvgIpc) is 2.37. The first-order valence-electron chi connectivity index (χ1n) is 5.53. The molecule has 1 aromatic carbocycles. The van der Waals surface area contributed by atoms with Gasteiger partial charge >= 0.3 is 12.1 Å². The van der Waals surface area contributed by atoms with E-state index in [9.17, 15) is 24.8 Å². The van der Waals surface area contributed by atoms with Crippen LogP contribution in [0.4, 0.5) is 10.5 Å². The van der Waals surface area contributed by atoms with E-state index in [0.29, 0.717) is 4.90 Å². The largest absolute Gasteiger partial charge is 0.508 e. The van der Waals surface area contributed by atoms with Gasteiger partial charge in [-0.25, -0.2) is 9.59 Å². The van der Waals surface area contributed by atoms with Crippen molar-refractivity contribution in [3.05, 3.63) is 33.4 Å². The monoisotopic (exact) mass is 282 g/mol. The minimum atomic E-state index is -1.49. The van der Waals surface area contributed by atoms with Crippen molar-refractivity contribution < 1.29 is 29.8 Å². The molecule has 0 fully saturated rings. The van der Waals surface area contributed by atoms with E-state index >= 15 is 0 Å². The molecule has 9 nitrogen and oxygen atoms in total. The number of nitro benzene ring substituents is 1. The molecule has 0 aromatic heterocycles. The summed E-state index contributed by atoms with van der Waals surface area (Å²) >= 11 is 0. The summed E-state index contributed by atoms with van der Waals surface area (Å²) in [6.07, 6.45) is -1.80. The third kappa shape index (κ3) is 2.09. The van der Waals surface area contributed by atoms with Gasteiger partial charge in [-0.2, -0.15) is 0 Å². The van der Waals surface area contributed by atoms with Gasteiger partial charge in [-0.15, -0.1) is 0 Å². The predicted octanol–water partition coefficient (Wildman–Crippen LogP) is 0.790. The molecule has 0 bridgehead atoms. The van der Waals surface area contributed by atoms with E-state index in [0.717, 1.165) is 12.1 Å². The number of nitro groups is 1. The quantitative estimate of drug-likeness (QED) is 0.537. The summed E-state index contributed by atoms with van der Waals surface area (Å²) in [6, 6.07) is 0.787. The molecule has 20 heavy (non-hydrogen) atoms. The van der Waals surface area contributed by atoms with Crippen molar-refractivity contribution in [1.82, 2.24) is 4.90 Å². The molecule has 0 spiro atoms. The summed E-state index contributed by atoms with van der Waals surface area (Å²) < 4.78 is 0. The number of carboxylic acids is 1. The molecular formula is C11H10N2O7. The average molecular weight is 282 g/mol. The normalized spacial score (nSPS) is 17.4. The highest BCUT2D eigenvalue weighted by Gasteiger charge is 2.38. The second kappa shape index (κ2) is 4.68. The summed E-state index contributed by atoms with van der Waals surface area (Å²) in [4.78, 5) is 33.0. The molecular weight excluding hydrogens is 272 g/mol. The van der Waals surface area contributed by atoms with Gasteiger partial charge in [0.05, 0.1) is 17.0 Å². The highest BCUT2D eigenvalue weighted by Crippen LogP contribution is 2.36. The Balaban J connectivity index is 2.58. The van der Waals surface area contributed by atoms with E-state index in [1.54, 1.807) is 0 Å². The number of hydrogen-bond acceptors (Lipinski definition) is 5. The first-order chi connectivity index (χ1) is 9.32. The van der Waals surface area contributed by atoms with E-state index < -0.39 is 29.6 Å². The maximum absolute atomic E-state index is 11.1. The number of rotatable bonds is 2. The molecule has 1 aliphatic heterocycles. The summed E-state index contributed by atoms with van der Waals surface area (Å²) in [5.74, 6) is -1.65. The Hall–Kier alpha value is -2.84. The van der Waals surface area contributed by atoms with Gasteiger partial charge in [-0.05, 0) is 6.07 Å². The fraction of sp³-hybridized carbons (Fsp3) is 0.273. The van der Waals surface area contributed by atoms with Crippen LogP contribution in [0.5, 0.6) is 5.75 Å². The summed E-state index contributed by atoms with van der Waals surface area (Å²) in [7, 11) is 0. The minimum absolute atomic E-state index is 0.0231. The van der Waals surface area contributed by atoms with Crippen LogP contribution in [0.3, 0.4) is 0 Å². The number of amides is 1. The molecule has 1 aromatic rings. The number of phenols is 1. The van der Waals surface area contributed by atoms with Gasteiger partial charge in [-0.1, -0.05) is 0 Å². The van der Waals surface area contributed by atoms with Crippen LogP contribution in [-0.2, 0) is 17.8 Å². The van der Waals surface area contributed by atoms with Crippen LogP contribution in [0, 0.1) is 10.1 Å². The topological polar surface area (TPSA) is 141 Å². The van der Waals surface area contributed by atoms with E-state index in [4.69, 9.17) is 10.2 Å². The molecule has 1 atom stereocenters. The summed E-state index contributed by atoms with van der Waals surface area (Å²) in [6.45, 7) is -0.452. The van der Waals surface area contributed by atoms with E-state index in [-0.39, 0.29) is 29.0 Å². The molecule has 1 heterocycles. The van der Waals surface area contributed by atoms with Crippen LogP contribution < -0.4 is 0 Å². The number of aromatic hydroxyl groups is 1. The van der Waals surface area contributed by atoms with Crippen molar-refractivity contribution in [2.24, 2.45) is 0 Å². The van der Waals surface area contributed by atoms with Gasteiger partial charge in [0.15, 0.2) is 0 Å². The van der Waals surface area contributed by atoms with Crippen LogP contribution in [0.2, 0.25) is 0 Å². The van der Waals surface area contributed by atoms with Crippen molar-refractivity contribution in [2.75, 3.05) is 0 Å². The molecule has 1 aliphatic rings. The third-order valence-corrected chi connectivity index (χ3v) is 3.21. The zero-order valence-corrected chi connectivity index (χ0v) is 10.0. The first kappa shape index (κ1) is 13.6. The number of hydrogen-bond donors (Lipinski definition) is 3. The number of phenolic OH excluding ortho intramolecular Hbond substituents is 1. The van der Waals surface area contributed by atoms with Crippen LogP contribution in [0.25, 0.3) is 0 Å². The van der Waals surface area contributed by atoms with Crippen molar-refractivity contribution in [3.63, 3.8) is 0 Å². The third-order valence-electron chi connectivity index (χ3n) is 3.21. The Morgan fingerprint density at radius 1 is 1.30 bits per heavy atom. The molecule has 1 unspecified atom stereocenters. The fourth-order valence-electron chi connectivity index (χ4n) is 2.25. The van der Waals surface area contributed by atoms with Gasteiger partial charge in [0.25, 0.3) is 5.69 Å². The van der Waals surface area contributed by atoms with Gasteiger partial charge in [0.2, 0.25) is 0 Å². The summed E-state index contributed by atoms with van der Waals surface area (Å²) in [5, 5.41) is 38.7. The van der Waals surface area contributed by atoms with Crippen molar-refractivity contribution in [3.8, 4) is 5.75 Å². The predicted molar refractivity (Wildman–Crippen MR) is 63.5 cm³/mol. The molecule has 0 radical (unpaired) electrons. The van der Waals surface area contributed by atoms with Crippen LogP contribution >= 0.6 is 0 Å². The highest BCUT2D eigenvalue weighted by atomic mass is 16.6. The minimum Gasteiger partial charge on any atom is -0.508 e. The standard InChI is InChI=1S/C11H10N2O7/c14-9-2-1-7(13(19)20)6-4-12(11(17)18)8(10(15)16)3-5(6)9/h1-2,8,14H,3-4H2,(H,15,16)(H,17,18). The number of carbonyl (C=O) groups is 2. The molecule has 106 valence electrons. The zero-order valence-electron chi connectivity index (χ0n) is 10.0. The Morgan fingerprint density at radius 2 is 1.95 bits per heavy atom. The van der Waals surface area contributed by atoms with Gasteiger partial charge in [0.1, 0.15) is 11.8 Å². The lowest BCUT2D eigenvalue weighted by Crippen LogP contribution is -2.48. The maximum atomic E-state index is 11.1.